The lowest BCUT2D eigenvalue weighted by atomic mass is 10.0. The van der Waals surface area contributed by atoms with E-state index in [1.165, 1.54) is 12.1 Å². The van der Waals surface area contributed by atoms with E-state index in [9.17, 15) is 34.2 Å². The number of carboxylic acid groups (broad SMARTS) is 2. The van der Waals surface area contributed by atoms with Crippen molar-refractivity contribution in [2.75, 3.05) is 6.54 Å². The van der Waals surface area contributed by atoms with Crippen LogP contribution in [0.4, 0.5) is 0 Å². The van der Waals surface area contributed by atoms with Crippen molar-refractivity contribution < 1.29 is 39.3 Å². The van der Waals surface area contributed by atoms with Crippen LogP contribution in [0.25, 0.3) is 0 Å². The van der Waals surface area contributed by atoms with Crippen molar-refractivity contribution in [3.05, 3.63) is 29.8 Å². The van der Waals surface area contributed by atoms with E-state index in [2.05, 4.69) is 16.0 Å². The van der Waals surface area contributed by atoms with Crippen LogP contribution in [-0.2, 0) is 30.4 Å². The van der Waals surface area contributed by atoms with Crippen molar-refractivity contribution in [1.82, 2.24) is 16.0 Å². The van der Waals surface area contributed by atoms with Gasteiger partial charge < -0.3 is 42.7 Å². The number of aromatic hydroxyl groups is 1. The number of nitrogens with two attached hydrogens (primary N) is 2. The van der Waals surface area contributed by atoms with Crippen molar-refractivity contribution in [2.24, 2.45) is 17.4 Å². The van der Waals surface area contributed by atoms with Crippen LogP contribution in [0.2, 0.25) is 0 Å². The maximum absolute atomic E-state index is 13.2. The molecule has 0 aliphatic carbocycles. The molecule has 0 aromatic heterocycles. The van der Waals surface area contributed by atoms with E-state index < -0.39 is 60.2 Å². The number of rotatable bonds is 17. The summed E-state index contributed by atoms with van der Waals surface area (Å²) in [5, 5.41) is 35.5. The number of nitrogens with one attached hydrogen (secondary N) is 3. The van der Waals surface area contributed by atoms with Crippen LogP contribution in [0.5, 0.6) is 5.75 Å². The number of benzene rings is 1. The minimum Gasteiger partial charge on any atom is -0.508 e. The van der Waals surface area contributed by atoms with Gasteiger partial charge in [0, 0.05) is 6.42 Å². The summed E-state index contributed by atoms with van der Waals surface area (Å²) in [7, 11) is 0. The molecule has 0 radical (unpaired) electrons. The third-order valence-corrected chi connectivity index (χ3v) is 5.64. The SMILES string of the molecule is CC(C)CC(NC(=O)C(Cc1ccc(O)cc1)NC(=O)C(CCCCN)NC(=O)C(N)CC(=O)O)C(=O)O. The number of carbonyl (C=O) groups excluding carboxylic acids is 3. The summed E-state index contributed by atoms with van der Waals surface area (Å²) < 4.78 is 0. The number of carbonyl (C=O) groups is 5. The van der Waals surface area contributed by atoms with Crippen molar-refractivity contribution in [2.45, 2.75) is 76.5 Å². The number of hydrogen-bond acceptors (Lipinski definition) is 8. The molecule has 4 unspecified atom stereocenters. The molecule has 13 nitrogen and oxygen atoms in total. The lowest BCUT2D eigenvalue weighted by Gasteiger charge is -2.25. The number of aliphatic carboxylic acids is 2. The van der Waals surface area contributed by atoms with E-state index in [0.29, 0.717) is 24.9 Å². The molecule has 1 rings (SSSR count). The fraction of sp³-hybridized carbons (Fsp3) is 0.560. The quantitative estimate of drug-likeness (QED) is 0.118. The molecule has 0 aliphatic heterocycles. The van der Waals surface area contributed by atoms with Crippen LogP contribution >= 0.6 is 0 Å². The Hall–Kier alpha value is -3.71. The molecule has 1 aromatic carbocycles. The van der Waals surface area contributed by atoms with Crippen molar-refractivity contribution >= 4 is 29.7 Å². The van der Waals surface area contributed by atoms with Crippen LogP contribution < -0.4 is 27.4 Å². The zero-order valence-corrected chi connectivity index (χ0v) is 21.7. The van der Waals surface area contributed by atoms with E-state index in [4.69, 9.17) is 16.6 Å². The third kappa shape index (κ3) is 12.0. The van der Waals surface area contributed by atoms with Gasteiger partial charge in [0.25, 0.3) is 0 Å². The Balaban J connectivity index is 3.16. The van der Waals surface area contributed by atoms with Crippen molar-refractivity contribution in [1.29, 1.82) is 0 Å². The second-order valence-electron chi connectivity index (χ2n) is 9.51. The predicted molar refractivity (Wildman–Crippen MR) is 138 cm³/mol. The summed E-state index contributed by atoms with van der Waals surface area (Å²) in [6, 6.07) is 0.982. The Labute approximate surface area is 221 Å². The first-order valence-corrected chi connectivity index (χ1v) is 12.4. The number of phenols is 1. The van der Waals surface area contributed by atoms with Crippen LogP contribution in [0.15, 0.2) is 24.3 Å². The highest BCUT2D eigenvalue weighted by Crippen LogP contribution is 2.13. The van der Waals surface area contributed by atoms with E-state index >= 15 is 0 Å². The van der Waals surface area contributed by atoms with Gasteiger partial charge in [-0.25, -0.2) is 4.79 Å². The van der Waals surface area contributed by atoms with Crippen LogP contribution in [0, 0.1) is 5.92 Å². The first-order chi connectivity index (χ1) is 17.8. The Morgan fingerprint density at radius 3 is 1.92 bits per heavy atom. The number of amides is 3. The molecule has 0 aliphatic rings. The molecule has 3 amide bonds. The molecule has 0 saturated heterocycles. The summed E-state index contributed by atoms with van der Waals surface area (Å²) in [5.74, 6) is -4.84. The molecule has 1 aromatic rings. The van der Waals surface area contributed by atoms with E-state index in [1.807, 2.05) is 13.8 Å². The van der Waals surface area contributed by atoms with Crippen LogP contribution in [0.1, 0.15) is 51.5 Å². The molecule has 0 heterocycles. The topological polar surface area (TPSA) is 234 Å². The van der Waals surface area contributed by atoms with Gasteiger partial charge in [-0.3, -0.25) is 19.2 Å². The van der Waals surface area contributed by atoms with Gasteiger partial charge in [-0.2, -0.15) is 0 Å². The van der Waals surface area contributed by atoms with Gasteiger partial charge >= 0.3 is 11.9 Å². The van der Waals surface area contributed by atoms with Gasteiger partial charge in [0.2, 0.25) is 17.7 Å². The molecule has 4 atom stereocenters. The van der Waals surface area contributed by atoms with Gasteiger partial charge in [-0.1, -0.05) is 26.0 Å². The number of carboxylic acids is 2. The molecule has 10 N–H and O–H groups in total. The van der Waals surface area contributed by atoms with Crippen molar-refractivity contribution in [3.8, 4) is 5.75 Å². The molecule has 0 bridgehead atoms. The van der Waals surface area contributed by atoms with E-state index in [1.54, 1.807) is 12.1 Å². The summed E-state index contributed by atoms with van der Waals surface area (Å²) in [6.45, 7) is 3.96. The molecule has 212 valence electrons. The fourth-order valence-electron chi connectivity index (χ4n) is 3.64. The normalized spacial score (nSPS) is 14.1. The molecule has 0 saturated carbocycles. The number of unbranched alkanes of at least 4 members (excludes halogenated alkanes) is 1. The molecular formula is C25H39N5O8. The maximum Gasteiger partial charge on any atom is 0.326 e. The first-order valence-electron chi connectivity index (χ1n) is 12.4. The average molecular weight is 538 g/mol. The van der Waals surface area contributed by atoms with Gasteiger partial charge in [-0.05, 0) is 55.8 Å². The minimum absolute atomic E-state index is 0.00189. The monoisotopic (exact) mass is 537 g/mol. The van der Waals surface area contributed by atoms with Crippen LogP contribution in [0.3, 0.4) is 0 Å². The highest BCUT2D eigenvalue weighted by atomic mass is 16.4. The standard InChI is InChI=1S/C25H39N5O8/c1-14(2)11-20(25(37)38)30-24(36)19(12-15-6-8-16(31)9-7-15)29-23(35)18(5-3-4-10-26)28-22(34)17(27)13-21(32)33/h6-9,14,17-20,31H,3-5,10-13,26-27H2,1-2H3,(H,28,34)(H,29,35)(H,30,36)(H,32,33)(H,37,38). The lowest BCUT2D eigenvalue weighted by Crippen LogP contribution is -2.57. The largest absolute Gasteiger partial charge is 0.508 e. The summed E-state index contributed by atoms with van der Waals surface area (Å²) >= 11 is 0. The second-order valence-corrected chi connectivity index (χ2v) is 9.51. The highest BCUT2D eigenvalue weighted by Gasteiger charge is 2.31. The van der Waals surface area contributed by atoms with Gasteiger partial charge in [0.05, 0.1) is 12.5 Å². The zero-order valence-electron chi connectivity index (χ0n) is 21.7. The second kappa shape index (κ2) is 16.2. The lowest BCUT2D eigenvalue weighted by molar-refractivity contribution is -0.142. The van der Waals surface area contributed by atoms with Crippen molar-refractivity contribution in [3.63, 3.8) is 0 Å². The third-order valence-electron chi connectivity index (χ3n) is 5.64. The number of phenolic OH excluding ortho intramolecular Hbond substituents is 1. The molecule has 0 fully saturated rings. The highest BCUT2D eigenvalue weighted by molar-refractivity contribution is 5.94. The fourth-order valence-corrected chi connectivity index (χ4v) is 3.64. The average Bonchev–Trinajstić information content (AvgIpc) is 2.82. The van der Waals surface area contributed by atoms with Gasteiger partial charge in [0.15, 0.2) is 0 Å². The summed E-state index contributed by atoms with van der Waals surface area (Å²) in [4.78, 5) is 61.4. The first kappa shape index (κ1) is 32.3. The summed E-state index contributed by atoms with van der Waals surface area (Å²) in [5.41, 5.74) is 11.7. The summed E-state index contributed by atoms with van der Waals surface area (Å²) in [6.07, 6.45) is 0.642. The Bertz CT molecular complexity index is 954. The Morgan fingerprint density at radius 1 is 0.842 bits per heavy atom. The Kier molecular flexibility index (Phi) is 13.8. The van der Waals surface area contributed by atoms with E-state index in [0.717, 1.165) is 0 Å². The molecular weight excluding hydrogens is 498 g/mol. The molecule has 38 heavy (non-hydrogen) atoms. The smallest absolute Gasteiger partial charge is 0.326 e. The van der Waals surface area contributed by atoms with Crippen LogP contribution in [-0.4, -0.2) is 75.7 Å². The predicted octanol–water partition coefficient (Wildman–Crippen LogP) is -0.549. The minimum atomic E-state index is -1.39. The zero-order chi connectivity index (χ0) is 28.8. The van der Waals surface area contributed by atoms with Gasteiger partial charge in [0.1, 0.15) is 23.9 Å². The Morgan fingerprint density at radius 2 is 1.39 bits per heavy atom. The van der Waals surface area contributed by atoms with Gasteiger partial charge in [-0.15, -0.1) is 0 Å². The maximum atomic E-state index is 13.2. The van der Waals surface area contributed by atoms with E-state index in [-0.39, 0.29) is 30.9 Å². The number of hydrogen-bond donors (Lipinski definition) is 8. The molecule has 13 heteroatoms. The molecule has 0 spiro atoms.